The van der Waals surface area contributed by atoms with Gasteiger partial charge < -0.3 is 23.8 Å². The summed E-state index contributed by atoms with van der Waals surface area (Å²) in [7, 11) is 0.541. The predicted octanol–water partition coefficient (Wildman–Crippen LogP) is 6.05. The highest BCUT2D eigenvalue weighted by Crippen LogP contribution is 2.40. The predicted molar refractivity (Wildman–Crippen MR) is 140 cm³/mol. The van der Waals surface area contributed by atoms with Gasteiger partial charge in [-0.15, -0.1) is 0 Å². The molecule has 0 saturated carbocycles. The molecule has 0 bridgehead atoms. The average molecular weight is 587 g/mol. The Hall–Kier alpha value is -3.35. The van der Waals surface area contributed by atoms with E-state index in [0.717, 1.165) is 18.2 Å². The molecule has 0 aliphatic carbocycles. The second-order valence-electron chi connectivity index (χ2n) is 8.82. The number of alkyl halides is 3. The fraction of sp³-hybridized carbons (Fsp3) is 0.308. The number of rotatable bonds is 9. The van der Waals surface area contributed by atoms with Crippen molar-refractivity contribution >= 4 is 27.3 Å². The van der Waals surface area contributed by atoms with Crippen molar-refractivity contribution in [1.82, 2.24) is 4.90 Å². The van der Waals surface area contributed by atoms with Crippen molar-refractivity contribution in [2.45, 2.75) is 23.6 Å². The van der Waals surface area contributed by atoms with Gasteiger partial charge in [-0.05, 0) is 49.9 Å². The topological polar surface area (TPSA) is 86.3 Å². The van der Waals surface area contributed by atoms with Crippen LogP contribution >= 0.6 is 11.6 Å². The zero-order valence-electron chi connectivity index (χ0n) is 21.2. The Bertz CT molecular complexity index is 1450. The summed E-state index contributed by atoms with van der Waals surface area (Å²) in [4.78, 5) is 1.65. The van der Waals surface area contributed by atoms with Gasteiger partial charge >= 0.3 is 6.18 Å². The fourth-order valence-corrected chi connectivity index (χ4v) is 5.66. The number of halogens is 4. The third kappa shape index (κ3) is 6.81. The van der Waals surface area contributed by atoms with Crippen molar-refractivity contribution in [3.05, 3.63) is 65.2 Å². The maximum atomic E-state index is 13.6. The van der Waals surface area contributed by atoms with Gasteiger partial charge in [-0.25, -0.2) is 8.42 Å². The van der Waals surface area contributed by atoms with Crippen molar-refractivity contribution < 1.29 is 40.5 Å². The zero-order valence-corrected chi connectivity index (χ0v) is 22.8. The average Bonchev–Trinajstić information content (AvgIpc) is 3.27. The Morgan fingerprint density at radius 2 is 1.64 bits per heavy atom. The number of methoxy groups -OCH3 is 2. The lowest BCUT2D eigenvalue weighted by Gasteiger charge is -2.19. The molecule has 3 aromatic rings. The molecule has 4 rings (SSSR count). The Balaban J connectivity index is 1.55. The van der Waals surface area contributed by atoms with E-state index in [1.165, 1.54) is 32.4 Å². The van der Waals surface area contributed by atoms with Crippen LogP contribution in [0.1, 0.15) is 12.0 Å². The van der Waals surface area contributed by atoms with Gasteiger partial charge in [0.1, 0.15) is 28.2 Å². The molecule has 0 aromatic heterocycles. The Morgan fingerprint density at radius 3 is 2.26 bits per heavy atom. The van der Waals surface area contributed by atoms with Crippen LogP contribution in [0.3, 0.4) is 0 Å². The number of ether oxygens (including phenoxy) is 4. The number of sulfonamides is 1. The van der Waals surface area contributed by atoms with E-state index in [2.05, 4.69) is 4.72 Å². The van der Waals surface area contributed by atoms with Gasteiger partial charge in [-0.3, -0.25) is 4.72 Å². The normalized spacial score (nSPS) is 16.1. The summed E-state index contributed by atoms with van der Waals surface area (Å²) >= 11 is 6.27. The monoisotopic (exact) mass is 586 g/mol. The summed E-state index contributed by atoms with van der Waals surface area (Å²) in [5.74, 6) is 1.13. The molecule has 1 saturated heterocycles. The van der Waals surface area contributed by atoms with Gasteiger partial charge in [-0.1, -0.05) is 11.6 Å². The summed E-state index contributed by atoms with van der Waals surface area (Å²) in [6.45, 7) is 1.14. The molecule has 1 aliphatic rings. The summed E-state index contributed by atoms with van der Waals surface area (Å²) in [5.41, 5.74) is -1.10. The van der Waals surface area contributed by atoms with Crippen LogP contribution in [-0.2, 0) is 16.2 Å². The second kappa shape index (κ2) is 11.4. The highest BCUT2D eigenvalue weighted by atomic mass is 35.5. The molecule has 39 heavy (non-hydrogen) atoms. The highest BCUT2D eigenvalue weighted by Gasteiger charge is 2.36. The fourth-order valence-electron chi connectivity index (χ4n) is 4.08. The van der Waals surface area contributed by atoms with Gasteiger partial charge in [0.2, 0.25) is 0 Å². The number of hydrogen-bond donors (Lipinski definition) is 1. The standard InChI is InChI=1S/C26H26ClF3N2O6S/c1-32-11-10-19(15-32)38-23-12-16(4-7-20(23)26(28,29)30)31-39(33,34)25-9-6-17(13-21(25)27)37-18-5-8-22(35-2)24(14-18)36-3/h4-9,12-14,19,31H,10-11,15H2,1-3H3. The Kier molecular flexibility index (Phi) is 8.38. The first-order chi connectivity index (χ1) is 18.4. The lowest BCUT2D eigenvalue weighted by molar-refractivity contribution is -0.139. The molecule has 0 amide bonds. The first-order valence-corrected chi connectivity index (χ1v) is 13.5. The molecule has 8 nitrogen and oxygen atoms in total. The zero-order chi connectivity index (χ0) is 28.4. The quantitative estimate of drug-likeness (QED) is 0.326. The summed E-state index contributed by atoms with van der Waals surface area (Å²) in [6, 6.07) is 11.6. The van der Waals surface area contributed by atoms with E-state index in [9.17, 15) is 21.6 Å². The lowest BCUT2D eigenvalue weighted by atomic mass is 10.1. The van der Waals surface area contributed by atoms with Crippen LogP contribution in [0.5, 0.6) is 28.7 Å². The minimum Gasteiger partial charge on any atom is -0.493 e. The first kappa shape index (κ1) is 28.7. The SMILES string of the molecule is COc1ccc(Oc2ccc(S(=O)(=O)Nc3ccc(C(F)(F)F)c(OC4CCN(C)C4)c3)c(Cl)c2)cc1OC. The van der Waals surface area contributed by atoms with Gasteiger partial charge in [-0.2, -0.15) is 13.2 Å². The molecular weight excluding hydrogens is 561 g/mol. The Labute approximate surface area is 229 Å². The molecule has 0 spiro atoms. The molecule has 1 heterocycles. The molecule has 1 N–H and O–H groups in total. The molecule has 210 valence electrons. The van der Waals surface area contributed by atoms with Crippen LogP contribution < -0.4 is 23.7 Å². The number of hydrogen-bond acceptors (Lipinski definition) is 7. The highest BCUT2D eigenvalue weighted by molar-refractivity contribution is 7.92. The third-order valence-corrected chi connectivity index (χ3v) is 7.83. The molecule has 1 fully saturated rings. The maximum Gasteiger partial charge on any atom is 0.419 e. The number of anilines is 1. The van der Waals surface area contributed by atoms with Crippen LogP contribution in [0.2, 0.25) is 5.02 Å². The third-order valence-electron chi connectivity index (χ3n) is 5.96. The molecule has 1 atom stereocenters. The summed E-state index contributed by atoms with van der Waals surface area (Å²) in [6.07, 6.45) is -4.57. The van der Waals surface area contributed by atoms with Crippen molar-refractivity contribution in [3.63, 3.8) is 0 Å². The molecule has 1 unspecified atom stereocenters. The van der Waals surface area contributed by atoms with Gasteiger partial charge in [0.15, 0.2) is 11.5 Å². The Morgan fingerprint density at radius 1 is 0.949 bits per heavy atom. The van der Waals surface area contributed by atoms with E-state index in [0.29, 0.717) is 36.8 Å². The molecule has 0 radical (unpaired) electrons. The van der Waals surface area contributed by atoms with Crippen LogP contribution in [-0.4, -0.2) is 53.8 Å². The minimum absolute atomic E-state index is 0.105. The van der Waals surface area contributed by atoms with Crippen molar-refractivity contribution in [2.24, 2.45) is 0 Å². The summed E-state index contributed by atoms with van der Waals surface area (Å²) < 4.78 is 91.1. The van der Waals surface area contributed by atoms with Crippen molar-refractivity contribution in [3.8, 4) is 28.7 Å². The van der Waals surface area contributed by atoms with Gasteiger partial charge in [0, 0.05) is 31.3 Å². The largest absolute Gasteiger partial charge is 0.493 e. The van der Waals surface area contributed by atoms with Crippen molar-refractivity contribution in [2.75, 3.05) is 39.1 Å². The molecule has 3 aromatic carbocycles. The van der Waals surface area contributed by atoms with Crippen molar-refractivity contribution in [1.29, 1.82) is 0 Å². The van der Waals surface area contributed by atoms with Gasteiger partial charge in [0.25, 0.3) is 10.0 Å². The van der Waals surface area contributed by atoms with Crippen LogP contribution in [0.4, 0.5) is 18.9 Å². The lowest BCUT2D eigenvalue weighted by Crippen LogP contribution is -2.23. The second-order valence-corrected chi connectivity index (χ2v) is 10.9. The number of nitrogens with zero attached hydrogens (tertiary/aromatic N) is 1. The van der Waals surface area contributed by atoms with Crippen LogP contribution in [0.25, 0.3) is 0 Å². The summed E-state index contributed by atoms with van der Waals surface area (Å²) in [5, 5.41) is -0.155. The van der Waals surface area contributed by atoms with Gasteiger partial charge in [0.05, 0.1) is 30.5 Å². The maximum absolute atomic E-state index is 13.6. The first-order valence-electron chi connectivity index (χ1n) is 11.7. The smallest absolute Gasteiger partial charge is 0.419 e. The van der Waals surface area contributed by atoms with E-state index in [1.807, 2.05) is 11.9 Å². The molecule has 13 heteroatoms. The van der Waals surface area contributed by atoms with Crippen LogP contribution in [0.15, 0.2) is 59.5 Å². The van der Waals surface area contributed by atoms with E-state index in [4.69, 9.17) is 30.5 Å². The minimum atomic E-state index is -4.68. The van der Waals surface area contributed by atoms with E-state index in [1.54, 1.807) is 18.2 Å². The number of likely N-dealkylation sites (N-methyl/N-ethyl adjacent to an activating group) is 1. The number of benzene rings is 3. The molecular formula is C26H26ClF3N2O6S. The number of nitrogens with one attached hydrogen (secondary N) is 1. The number of likely N-dealkylation sites (tertiary alicyclic amines) is 1. The van der Waals surface area contributed by atoms with E-state index >= 15 is 0 Å². The van der Waals surface area contributed by atoms with E-state index in [-0.39, 0.29) is 21.4 Å². The molecule has 1 aliphatic heterocycles. The van der Waals surface area contributed by atoms with E-state index < -0.39 is 33.6 Å². The van der Waals surface area contributed by atoms with Crippen LogP contribution in [0, 0.1) is 0 Å².